The number of sulfonamides is 1. The molecular weight excluding hydrogens is 1310 g/mol. The van der Waals surface area contributed by atoms with Gasteiger partial charge in [-0.25, -0.2) is 27.5 Å². The minimum Gasteiger partial charge on any atom is -0.475 e. The molecule has 4 aromatic rings. The standard InChI is InChI=1S/C55H81N11O8S.3C2HF3O2/c1-36(2)33-44(62-52(69)43(26-14-16-30-57)61-50(67)42(58)25-13-15-29-56)54(71)65-49(37(3)4)55(72)64-46(35-39-21-11-8-12-22-39)53(70)63-45(34-38-19-9-7-10-20-38)51(68)59-31-32-60-75(73,74)48-28-18-23-40-41(48)24-17-27-47(40)66(5)6;3*3-2(4,5)1(6)7/h7-12,17-24,27-28,36-37,42-46,49,60H,13-16,25-26,29-35,56-58H2,1-6H3,(H,59,68)(H,61,67)(H,62,69)(H,63,70)(H,64,72)(H,65,71);3*(H,6,7)/t42-,43-,44-,45-,46-,49-;;;/m0.../s1. The first-order valence-electron chi connectivity index (χ1n) is 29.7. The zero-order chi connectivity index (χ0) is 73.3. The molecule has 16 N–H and O–H groups in total. The van der Waals surface area contributed by atoms with Crippen LogP contribution in [0.15, 0.2) is 102 Å². The van der Waals surface area contributed by atoms with E-state index in [1.807, 2.05) is 57.1 Å². The van der Waals surface area contributed by atoms with Gasteiger partial charge < -0.3 is 69.3 Å². The van der Waals surface area contributed by atoms with Crippen LogP contribution in [0.1, 0.15) is 83.8 Å². The second kappa shape index (κ2) is 41.3. The Morgan fingerprint density at radius 2 is 0.896 bits per heavy atom. The fraction of sp³-hybridized carbons (Fsp3) is 0.492. The number of nitrogens with one attached hydrogen (secondary N) is 7. The summed E-state index contributed by atoms with van der Waals surface area (Å²) >= 11 is 0. The summed E-state index contributed by atoms with van der Waals surface area (Å²) in [4.78, 5) is 113. The van der Waals surface area contributed by atoms with Crippen molar-refractivity contribution >= 4 is 79.8 Å². The Morgan fingerprint density at radius 1 is 0.490 bits per heavy atom. The zero-order valence-corrected chi connectivity index (χ0v) is 54.2. The average molecular weight is 1400 g/mol. The van der Waals surface area contributed by atoms with E-state index in [2.05, 4.69) is 36.6 Å². The van der Waals surface area contributed by atoms with E-state index in [0.717, 1.165) is 16.6 Å². The van der Waals surface area contributed by atoms with Crippen LogP contribution in [0.4, 0.5) is 45.2 Å². The molecule has 6 atom stereocenters. The number of nitrogens with zero attached hydrogens (tertiary/aromatic N) is 1. The summed E-state index contributed by atoms with van der Waals surface area (Å²) in [6.45, 7) is 7.81. The van der Waals surface area contributed by atoms with Crippen LogP contribution in [0.2, 0.25) is 0 Å². The monoisotopic (exact) mass is 1400 g/mol. The lowest BCUT2D eigenvalue weighted by Gasteiger charge is -2.29. The molecule has 0 bridgehead atoms. The molecule has 0 spiro atoms. The van der Waals surface area contributed by atoms with Gasteiger partial charge in [0, 0.05) is 56.5 Å². The summed E-state index contributed by atoms with van der Waals surface area (Å²) in [7, 11) is -0.265. The van der Waals surface area contributed by atoms with Crippen molar-refractivity contribution in [2.24, 2.45) is 29.0 Å². The smallest absolute Gasteiger partial charge is 0.475 e. The number of unbranched alkanes of at least 4 members (excludes halogenated alkanes) is 2. The lowest BCUT2D eigenvalue weighted by Crippen LogP contribution is -2.61. The van der Waals surface area contributed by atoms with Crippen molar-refractivity contribution in [1.82, 2.24) is 36.6 Å². The first kappa shape index (κ1) is 85.3. The average Bonchev–Trinajstić information content (AvgIpc) is 0.780. The Morgan fingerprint density at radius 3 is 1.34 bits per heavy atom. The molecular formula is C61H84F9N11O14S. The minimum absolute atomic E-state index is 0.0167. The molecule has 0 aliphatic rings. The summed E-state index contributed by atoms with van der Waals surface area (Å²) in [6, 6.07) is 22.0. The molecule has 0 unspecified atom stereocenters. The lowest BCUT2D eigenvalue weighted by molar-refractivity contribution is -0.193. The summed E-state index contributed by atoms with van der Waals surface area (Å²) in [6.07, 6.45) is -11.9. The number of anilines is 1. The van der Waals surface area contributed by atoms with E-state index in [1.54, 1.807) is 80.6 Å². The number of carboxylic acid groups (broad SMARTS) is 3. The van der Waals surface area contributed by atoms with E-state index in [-0.39, 0.29) is 49.6 Å². The number of hydrogen-bond acceptors (Lipinski definition) is 15. The number of nitrogens with two attached hydrogens (primary N) is 3. The number of carboxylic acids is 3. The van der Waals surface area contributed by atoms with E-state index in [0.29, 0.717) is 56.1 Å². The molecule has 4 rings (SSSR count). The van der Waals surface area contributed by atoms with Gasteiger partial charge >= 0.3 is 36.4 Å². The molecule has 35 heteroatoms. The Balaban J connectivity index is 0.00000188. The third kappa shape index (κ3) is 32.2. The number of rotatable bonds is 32. The molecule has 4 aromatic carbocycles. The van der Waals surface area contributed by atoms with Gasteiger partial charge in [-0.05, 0) is 86.7 Å². The Bertz CT molecular complexity index is 3200. The maximum atomic E-state index is 14.5. The Kier molecular flexibility index (Phi) is 36.7. The van der Waals surface area contributed by atoms with Gasteiger partial charge in [0.2, 0.25) is 45.5 Å². The number of carbonyl (C=O) groups is 9. The molecule has 6 amide bonds. The largest absolute Gasteiger partial charge is 0.490 e. The van der Waals surface area contributed by atoms with Gasteiger partial charge in [0.15, 0.2) is 0 Å². The highest BCUT2D eigenvalue weighted by Gasteiger charge is 2.40. The highest BCUT2D eigenvalue weighted by Crippen LogP contribution is 2.30. The molecule has 0 saturated heterocycles. The fourth-order valence-corrected chi connectivity index (χ4v) is 9.81. The summed E-state index contributed by atoms with van der Waals surface area (Å²) < 4.78 is 125. The van der Waals surface area contributed by atoms with Crippen LogP contribution >= 0.6 is 0 Å². The minimum atomic E-state index is -5.08. The van der Waals surface area contributed by atoms with Gasteiger partial charge in [0.05, 0.1) is 10.9 Å². The van der Waals surface area contributed by atoms with Crippen LogP contribution in [0, 0.1) is 11.8 Å². The van der Waals surface area contributed by atoms with Crippen molar-refractivity contribution in [1.29, 1.82) is 0 Å². The van der Waals surface area contributed by atoms with E-state index in [4.69, 9.17) is 46.9 Å². The van der Waals surface area contributed by atoms with E-state index >= 15 is 0 Å². The second-order valence-electron chi connectivity index (χ2n) is 22.3. The number of aliphatic carboxylic acids is 3. The Labute approximate surface area is 548 Å². The highest BCUT2D eigenvalue weighted by molar-refractivity contribution is 7.89. The number of alkyl halides is 9. The van der Waals surface area contributed by atoms with Crippen LogP contribution in [0.3, 0.4) is 0 Å². The molecule has 0 heterocycles. The predicted octanol–water partition coefficient (Wildman–Crippen LogP) is 4.40. The van der Waals surface area contributed by atoms with Crippen LogP contribution in [-0.2, 0) is 66.0 Å². The van der Waals surface area contributed by atoms with Crippen LogP contribution in [0.5, 0.6) is 0 Å². The summed E-state index contributed by atoms with van der Waals surface area (Å²) in [5, 5.41) is 39.6. The maximum absolute atomic E-state index is 14.5. The van der Waals surface area contributed by atoms with Crippen molar-refractivity contribution < 1.29 is 106 Å². The molecule has 0 saturated carbocycles. The van der Waals surface area contributed by atoms with Crippen molar-refractivity contribution in [3.05, 3.63) is 108 Å². The van der Waals surface area contributed by atoms with Crippen LogP contribution in [0.25, 0.3) is 10.8 Å². The first-order valence-corrected chi connectivity index (χ1v) is 31.2. The number of fused-ring (bicyclic) bond motifs is 1. The third-order valence-electron chi connectivity index (χ3n) is 13.4. The molecule has 536 valence electrons. The third-order valence-corrected chi connectivity index (χ3v) is 14.9. The number of hydrogen-bond donors (Lipinski definition) is 13. The number of halogens is 9. The maximum Gasteiger partial charge on any atom is 0.490 e. The topological polar surface area (TPSA) is 414 Å². The number of carbonyl (C=O) groups excluding carboxylic acids is 6. The quantitative estimate of drug-likeness (QED) is 0.0238. The normalized spacial score (nSPS) is 13.4. The highest BCUT2D eigenvalue weighted by atomic mass is 32.2. The number of benzene rings is 4. The fourth-order valence-electron chi connectivity index (χ4n) is 8.56. The van der Waals surface area contributed by atoms with Gasteiger partial charge in [0.1, 0.15) is 30.2 Å². The van der Waals surface area contributed by atoms with E-state index in [1.165, 1.54) is 6.07 Å². The lowest BCUT2D eigenvalue weighted by atomic mass is 9.98. The van der Waals surface area contributed by atoms with Gasteiger partial charge in [-0.1, -0.05) is 119 Å². The van der Waals surface area contributed by atoms with Crippen molar-refractivity contribution in [2.45, 2.75) is 145 Å². The molecule has 96 heavy (non-hydrogen) atoms. The van der Waals surface area contributed by atoms with Gasteiger partial charge in [-0.3, -0.25) is 28.8 Å². The zero-order valence-electron chi connectivity index (χ0n) is 53.4. The summed E-state index contributed by atoms with van der Waals surface area (Å²) in [5.74, 6) is -12.5. The van der Waals surface area contributed by atoms with Crippen LogP contribution in [-0.4, -0.2) is 172 Å². The second-order valence-corrected chi connectivity index (χ2v) is 24.0. The Hall–Kier alpha value is -8.67. The van der Waals surface area contributed by atoms with E-state index < -0.39 is 124 Å². The van der Waals surface area contributed by atoms with E-state index in [9.17, 15) is 76.7 Å². The molecule has 0 aromatic heterocycles. The summed E-state index contributed by atoms with van der Waals surface area (Å²) in [5.41, 5.74) is 19.8. The molecule has 0 fully saturated rings. The van der Waals surface area contributed by atoms with Gasteiger partial charge in [0.25, 0.3) is 0 Å². The molecule has 0 aliphatic heterocycles. The van der Waals surface area contributed by atoms with Crippen LogP contribution < -0.4 is 58.7 Å². The molecule has 0 radical (unpaired) electrons. The predicted molar refractivity (Wildman–Crippen MR) is 336 cm³/mol. The molecule has 0 aliphatic carbocycles. The number of amides is 6. The van der Waals surface area contributed by atoms with Crippen molar-refractivity contribution in [2.75, 3.05) is 45.2 Å². The first-order chi connectivity index (χ1) is 44.6. The van der Waals surface area contributed by atoms with Crippen molar-refractivity contribution in [3.63, 3.8) is 0 Å². The molecule has 25 nitrogen and oxygen atoms in total. The van der Waals surface area contributed by atoms with Gasteiger partial charge in [-0.15, -0.1) is 0 Å². The SMILES string of the molecule is CC(C)C[C@H](NC(=O)[C@H](CCCCN)NC(=O)[C@@H](N)CCCCN)C(=O)N[C@H](C(=O)N[C@@H](Cc1ccccc1)C(=O)N[C@@H](Cc1ccccc1)C(=O)NCCNS(=O)(=O)c1cccc2c(N(C)C)cccc12)C(C)C.O=C(O)C(F)(F)F.O=C(O)C(F)(F)F.O=C(O)C(F)(F)F. The van der Waals surface area contributed by atoms with Crippen molar-refractivity contribution in [3.8, 4) is 0 Å². The van der Waals surface area contributed by atoms with Gasteiger partial charge in [-0.2, -0.15) is 39.5 Å².